The summed E-state index contributed by atoms with van der Waals surface area (Å²) in [6.07, 6.45) is 1.19. The molecule has 0 bridgehead atoms. The number of aliphatic carboxylic acids is 1. The van der Waals surface area contributed by atoms with E-state index in [9.17, 15) is 4.79 Å². The molecule has 0 atom stereocenters. The summed E-state index contributed by atoms with van der Waals surface area (Å²) in [4.78, 5) is 10.1. The Hall–Kier alpha value is -1.30. The number of carbonyl (C=O) groups is 1. The third-order valence-corrected chi connectivity index (χ3v) is 1.38. The molecule has 3 nitrogen and oxygen atoms in total. The highest BCUT2D eigenvalue weighted by atomic mass is 16.4. The molecule has 46 valence electrons. The first-order valence-electron chi connectivity index (χ1n) is 2.61. The van der Waals surface area contributed by atoms with E-state index in [1.807, 2.05) is 6.07 Å². The molecule has 0 radical (unpaired) electrons. The zero-order chi connectivity index (χ0) is 6.85. The summed E-state index contributed by atoms with van der Waals surface area (Å²) >= 11 is 0. The molecule has 0 saturated carbocycles. The van der Waals surface area contributed by atoms with Gasteiger partial charge in [0.05, 0.1) is 11.6 Å². The van der Waals surface area contributed by atoms with Crippen LogP contribution >= 0.6 is 0 Å². The fourth-order valence-electron chi connectivity index (χ4n) is 0.734. The predicted molar refractivity (Wildman–Crippen MR) is 29.5 cm³/mol. The average molecular weight is 123 g/mol. The van der Waals surface area contributed by atoms with Crippen LogP contribution in [-0.2, 0) is 4.79 Å². The van der Waals surface area contributed by atoms with Gasteiger partial charge >= 0.3 is 5.97 Å². The van der Waals surface area contributed by atoms with Crippen LogP contribution in [-0.4, -0.2) is 11.1 Å². The van der Waals surface area contributed by atoms with Gasteiger partial charge in [-0.25, -0.2) is 4.79 Å². The first kappa shape index (κ1) is 5.83. The summed E-state index contributed by atoms with van der Waals surface area (Å²) in [7, 11) is 0. The summed E-state index contributed by atoms with van der Waals surface area (Å²) in [5.74, 6) is -0.946. The van der Waals surface area contributed by atoms with Crippen molar-refractivity contribution in [2.75, 3.05) is 0 Å². The lowest BCUT2D eigenvalue weighted by molar-refractivity contribution is -0.133. The van der Waals surface area contributed by atoms with Crippen molar-refractivity contribution < 1.29 is 9.90 Å². The highest BCUT2D eigenvalue weighted by molar-refractivity contribution is 5.90. The monoisotopic (exact) mass is 123 g/mol. The number of rotatable bonds is 1. The number of nitrogens with zero attached hydrogens (tertiary/aromatic N) is 1. The van der Waals surface area contributed by atoms with Gasteiger partial charge in [-0.3, -0.25) is 0 Å². The normalized spacial score (nSPS) is 16.3. The van der Waals surface area contributed by atoms with Gasteiger partial charge in [0.15, 0.2) is 0 Å². The topological polar surface area (TPSA) is 61.1 Å². The molecule has 3 heteroatoms. The fraction of sp³-hybridized carbons (Fsp3) is 0.333. The van der Waals surface area contributed by atoms with Crippen LogP contribution in [0.25, 0.3) is 0 Å². The summed E-state index contributed by atoms with van der Waals surface area (Å²) in [6.45, 7) is 0. The van der Waals surface area contributed by atoms with Crippen LogP contribution in [0.1, 0.15) is 12.8 Å². The second kappa shape index (κ2) is 1.90. The number of allylic oxidation sites excluding steroid dienone is 1. The molecule has 1 rings (SSSR count). The Morgan fingerprint density at radius 2 is 2.33 bits per heavy atom. The van der Waals surface area contributed by atoms with E-state index in [0.29, 0.717) is 18.4 Å². The van der Waals surface area contributed by atoms with E-state index in [-0.39, 0.29) is 5.57 Å². The molecule has 9 heavy (non-hydrogen) atoms. The molecule has 0 fully saturated rings. The maximum Gasteiger partial charge on any atom is 0.332 e. The Kier molecular flexibility index (Phi) is 1.23. The lowest BCUT2D eigenvalue weighted by Crippen LogP contribution is -2.11. The van der Waals surface area contributed by atoms with E-state index < -0.39 is 5.97 Å². The van der Waals surface area contributed by atoms with E-state index in [1.165, 1.54) is 0 Å². The van der Waals surface area contributed by atoms with Crippen LogP contribution in [0, 0.1) is 11.3 Å². The van der Waals surface area contributed by atoms with E-state index >= 15 is 0 Å². The number of nitriles is 1. The molecule has 0 saturated heterocycles. The zero-order valence-corrected chi connectivity index (χ0v) is 4.72. The van der Waals surface area contributed by atoms with Crippen molar-refractivity contribution >= 4 is 5.97 Å². The molecule has 0 unspecified atom stereocenters. The zero-order valence-electron chi connectivity index (χ0n) is 4.72. The highest BCUT2D eigenvalue weighted by Crippen LogP contribution is 2.26. The lowest BCUT2D eigenvalue weighted by Gasteiger charge is -2.12. The number of carboxylic acid groups (broad SMARTS) is 1. The average Bonchev–Trinajstić information content (AvgIpc) is 1.61. The first-order chi connectivity index (χ1) is 4.25. The van der Waals surface area contributed by atoms with Crippen LogP contribution in [0.4, 0.5) is 0 Å². The molecule has 0 aromatic carbocycles. The molecular formula is C6H5NO2. The van der Waals surface area contributed by atoms with Gasteiger partial charge < -0.3 is 5.11 Å². The van der Waals surface area contributed by atoms with Crippen LogP contribution in [0.3, 0.4) is 0 Å². The molecule has 0 aromatic rings. The minimum Gasteiger partial charge on any atom is -0.478 e. The van der Waals surface area contributed by atoms with Crippen molar-refractivity contribution in [3.8, 4) is 6.07 Å². The third-order valence-electron chi connectivity index (χ3n) is 1.38. The van der Waals surface area contributed by atoms with Crippen molar-refractivity contribution in [3.63, 3.8) is 0 Å². The SMILES string of the molecule is N#CC1=C(C(=O)O)CC1. The lowest BCUT2D eigenvalue weighted by atomic mass is 9.90. The van der Waals surface area contributed by atoms with Crippen LogP contribution < -0.4 is 0 Å². The Morgan fingerprint density at radius 1 is 1.67 bits per heavy atom. The van der Waals surface area contributed by atoms with Crippen LogP contribution in [0.2, 0.25) is 0 Å². The van der Waals surface area contributed by atoms with Crippen molar-refractivity contribution in [2.24, 2.45) is 0 Å². The van der Waals surface area contributed by atoms with Crippen LogP contribution in [0.15, 0.2) is 11.1 Å². The van der Waals surface area contributed by atoms with E-state index in [0.717, 1.165) is 0 Å². The minimum atomic E-state index is -0.946. The van der Waals surface area contributed by atoms with E-state index in [1.54, 1.807) is 0 Å². The van der Waals surface area contributed by atoms with Gasteiger partial charge in [0.25, 0.3) is 0 Å². The molecule has 1 aliphatic carbocycles. The number of hydrogen-bond donors (Lipinski definition) is 1. The third kappa shape index (κ3) is 0.789. The number of hydrogen-bond acceptors (Lipinski definition) is 2. The summed E-state index contributed by atoms with van der Waals surface area (Å²) in [5, 5.41) is 16.6. The summed E-state index contributed by atoms with van der Waals surface area (Å²) in [6, 6.07) is 1.83. The smallest absolute Gasteiger partial charge is 0.332 e. The Morgan fingerprint density at radius 3 is 2.44 bits per heavy atom. The van der Waals surface area contributed by atoms with E-state index in [4.69, 9.17) is 10.4 Å². The Labute approximate surface area is 52.2 Å². The molecule has 1 N–H and O–H groups in total. The Balaban J connectivity index is 2.85. The quantitative estimate of drug-likeness (QED) is 0.557. The van der Waals surface area contributed by atoms with Gasteiger partial charge in [-0.2, -0.15) is 5.26 Å². The van der Waals surface area contributed by atoms with E-state index in [2.05, 4.69) is 0 Å². The van der Waals surface area contributed by atoms with Gasteiger partial charge in [0.2, 0.25) is 0 Å². The second-order valence-electron chi connectivity index (χ2n) is 1.87. The molecular weight excluding hydrogens is 118 g/mol. The highest BCUT2D eigenvalue weighted by Gasteiger charge is 2.22. The van der Waals surface area contributed by atoms with Crippen molar-refractivity contribution in [1.82, 2.24) is 0 Å². The van der Waals surface area contributed by atoms with Crippen molar-refractivity contribution in [1.29, 1.82) is 5.26 Å². The van der Waals surface area contributed by atoms with Gasteiger partial charge in [-0.05, 0) is 12.8 Å². The maximum absolute atomic E-state index is 10.1. The van der Waals surface area contributed by atoms with Gasteiger partial charge in [-0.1, -0.05) is 0 Å². The molecule has 0 spiro atoms. The molecule has 0 aliphatic heterocycles. The standard InChI is InChI=1S/C6H5NO2/c7-3-4-1-2-5(4)6(8)9/h1-2H2,(H,8,9). The molecule has 0 heterocycles. The van der Waals surface area contributed by atoms with Gasteiger partial charge in [0.1, 0.15) is 0 Å². The fourth-order valence-corrected chi connectivity index (χ4v) is 0.734. The predicted octanol–water partition coefficient (Wildman–Crippen LogP) is 0.685. The van der Waals surface area contributed by atoms with Gasteiger partial charge in [0, 0.05) is 5.57 Å². The van der Waals surface area contributed by atoms with Gasteiger partial charge in [-0.15, -0.1) is 0 Å². The number of carboxylic acids is 1. The maximum atomic E-state index is 10.1. The minimum absolute atomic E-state index is 0.289. The molecule has 0 amide bonds. The molecule has 1 aliphatic rings. The van der Waals surface area contributed by atoms with Crippen molar-refractivity contribution in [2.45, 2.75) is 12.8 Å². The van der Waals surface area contributed by atoms with Crippen molar-refractivity contribution in [3.05, 3.63) is 11.1 Å². The Bertz CT molecular complexity index is 222. The summed E-state index contributed by atoms with van der Waals surface area (Å²) in [5.41, 5.74) is 0.722. The van der Waals surface area contributed by atoms with Crippen LogP contribution in [0.5, 0.6) is 0 Å². The summed E-state index contributed by atoms with van der Waals surface area (Å²) < 4.78 is 0. The molecule has 0 aromatic heterocycles. The largest absolute Gasteiger partial charge is 0.478 e. The second-order valence-corrected chi connectivity index (χ2v) is 1.87. The first-order valence-corrected chi connectivity index (χ1v) is 2.61.